The van der Waals surface area contributed by atoms with E-state index < -0.39 is 0 Å². The first-order valence-corrected chi connectivity index (χ1v) is 17.2. The number of hydrogen-bond donors (Lipinski definition) is 0. The monoisotopic (exact) mass is 716 g/mol. The molecule has 4 heterocycles. The van der Waals surface area contributed by atoms with Crippen molar-refractivity contribution in [3.05, 3.63) is 140 Å². The third-order valence-electron chi connectivity index (χ3n) is 10.1. The number of allylic oxidation sites excluding steroid dienone is 4. The molecule has 11 rings (SSSR count). The molecule has 0 N–H and O–H groups in total. The number of halogens is 1. The lowest BCUT2D eigenvalue weighted by molar-refractivity contribution is 0.668. The Morgan fingerprint density at radius 3 is 1.70 bits per heavy atom. The number of nitrogens with zero attached hydrogens (tertiary/aromatic N) is 2. The number of aromatic nitrogens is 2. The van der Waals surface area contributed by atoms with Crippen molar-refractivity contribution < 1.29 is 8.83 Å². The summed E-state index contributed by atoms with van der Waals surface area (Å²) in [7, 11) is 0. The maximum Gasteiger partial charge on any atom is 0.145 e. The predicted molar refractivity (Wildman–Crippen MR) is 204 cm³/mol. The summed E-state index contributed by atoms with van der Waals surface area (Å²) in [4.78, 5) is 0. The van der Waals surface area contributed by atoms with Crippen LogP contribution >= 0.6 is 22.6 Å². The maximum atomic E-state index is 6.58. The van der Waals surface area contributed by atoms with Crippen LogP contribution in [0, 0.1) is 0 Å². The fraction of sp³-hybridized carbons (Fsp3) is 0.0476. The van der Waals surface area contributed by atoms with Gasteiger partial charge in [-0.3, -0.25) is 0 Å². The zero-order chi connectivity index (χ0) is 30.8. The van der Waals surface area contributed by atoms with Gasteiger partial charge in [-0.05, 0) is 60.7 Å². The van der Waals surface area contributed by atoms with Crippen LogP contribution in [-0.2, 0) is 0 Å². The van der Waals surface area contributed by atoms with Gasteiger partial charge in [0.25, 0.3) is 0 Å². The lowest BCUT2D eigenvalue weighted by atomic mass is 10.0. The smallest absolute Gasteiger partial charge is 0.145 e. The maximum absolute atomic E-state index is 6.58. The Labute approximate surface area is 281 Å². The van der Waals surface area contributed by atoms with Gasteiger partial charge in [-0.15, -0.1) is 0 Å². The molecule has 222 valence electrons. The normalized spacial score (nSPS) is 17.1. The summed E-state index contributed by atoms with van der Waals surface area (Å²) >= 11 is 2.60. The van der Waals surface area contributed by atoms with Crippen LogP contribution in [0.2, 0.25) is 0 Å². The van der Waals surface area contributed by atoms with Crippen molar-refractivity contribution in [2.45, 2.75) is 9.97 Å². The van der Waals surface area contributed by atoms with E-state index in [1.807, 2.05) is 12.1 Å². The molecule has 0 radical (unpaired) electrons. The zero-order valence-electron chi connectivity index (χ0n) is 25.0. The van der Waals surface area contributed by atoms with Gasteiger partial charge >= 0.3 is 0 Å². The Kier molecular flexibility index (Phi) is 5.17. The van der Waals surface area contributed by atoms with Gasteiger partial charge in [-0.1, -0.05) is 101 Å². The second kappa shape index (κ2) is 9.39. The highest BCUT2D eigenvalue weighted by molar-refractivity contribution is 14.1. The third-order valence-corrected chi connectivity index (χ3v) is 11.2. The lowest BCUT2D eigenvalue weighted by Gasteiger charge is -2.26. The number of benzene rings is 6. The summed E-state index contributed by atoms with van der Waals surface area (Å²) in [6.07, 6.45) is 7.08. The van der Waals surface area contributed by atoms with E-state index in [2.05, 4.69) is 159 Å². The average Bonchev–Trinajstić information content (AvgIpc) is 3.86. The van der Waals surface area contributed by atoms with Crippen LogP contribution in [-0.4, -0.2) is 13.1 Å². The number of hydrogen-bond acceptors (Lipinski definition) is 2. The van der Waals surface area contributed by atoms with Crippen molar-refractivity contribution >= 4 is 116 Å². The fourth-order valence-electron chi connectivity index (χ4n) is 8.09. The molecule has 5 heteroatoms. The Balaban J connectivity index is 1.19. The van der Waals surface area contributed by atoms with Crippen molar-refractivity contribution in [2.24, 2.45) is 0 Å². The van der Waals surface area contributed by atoms with Crippen LogP contribution in [0.1, 0.15) is 6.04 Å². The molecule has 10 aromatic rings. The number of alkyl halides is 1. The van der Waals surface area contributed by atoms with Crippen LogP contribution in [0.3, 0.4) is 0 Å². The molecular weight excluding hydrogens is 691 g/mol. The minimum absolute atomic E-state index is 0.0750. The van der Waals surface area contributed by atoms with Crippen molar-refractivity contribution in [1.82, 2.24) is 9.13 Å². The van der Waals surface area contributed by atoms with Crippen molar-refractivity contribution in [2.75, 3.05) is 0 Å². The molecule has 0 bridgehead atoms. The molecule has 0 aliphatic heterocycles. The van der Waals surface area contributed by atoms with Crippen molar-refractivity contribution in [3.8, 4) is 0 Å². The summed E-state index contributed by atoms with van der Waals surface area (Å²) in [5.74, 6) is 0. The minimum Gasteiger partial charge on any atom is -0.455 e. The lowest BCUT2D eigenvalue weighted by Crippen LogP contribution is -2.19. The van der Waals surface area contributed by atoms with E-state index in [0.717, 1.165) is 60.5 Å². The second-order valence-electron chi connectivity index (χ2n) is 12.5. The van der Waals surface area contributed by atoms with Gasteiger partial charge in [0.15, 0.2) is 0 Å². The van der Waals surface area contributed by atoms with Crippen molar-refractivity contribution in [1.29, 1.82) is 0 Å². The first kappa shape index (κ1) is 25.9. The van der Waals surface area contributed by atoms with E-state index in [-0.39, 0.29) is 9.97 Å². The van der Waals surface area contributed by atoms with Gasteiger partial charge < -0.3 is 18.0 Å². The molecule has 0 spiro atoms. The molecule has 47 heavy (non-hydrogen) atoms. The highest BCUT2D eigenvalue weighted by Crippen LogP contribution is 2.45. The summed E-state index contributed by atoms with van der Waals surface area (Å²) in [5.41, 5.74) is 9.60. The van der Waals surface area contributed by atoms with Crippen LogP contribution in [0.15, 0.2) is 148 Å². The van der Waals surface area contributed by atoms with E-state index in [1.54, 1.807) is 0 Å². The second-order valence-corrected chi connectivity index (χ2v) is 13.9. The zero-order valence-corrected chi connectivity index (χ0v) is 27.2. The number of fused-ring (bicyclic) bond motifs is 14. The first-order chi connectivity index (χ1) is 23.2. The first-order valence-electron chi connectivity index (χ1n) is 16.0. The van der Waals surface area contributed by atoms with Gasteiger partial charge in [0.2, 0.25) is 0 Å². The SMILES string of the molecule is IC1C=CC(n2c3ccccc3c3c4oc5ccccc5c4ccc32)=CC1n1c2ccccc2c2c3oc4ccccc4c3ccc21. The van der Waals surface area contributed by atoms with E-state index in [9.17, 15) is 0 Å². The standard InChI is InChI=1S/C42H25IN2O2/c43-31-20-17-24(44-32-13-5-1-11-29(32)39-34(44)21-18-27-25-9-3-7-15-37(25)46-41(27)39)23-36(31)45-33-14-6-2-12-30(33)40-35(45)22-19-28-26-10-4-8-16-38(26)47-42(28)40/h1-23,31,36H. The molecule has 1 aliphatic carbocycles. The summed E-state index contributed by atoms with van der Waals surface area (Å²) in [6.45, 7) is 0. The molecule has 0 fully saturated rings. The quantitative estimate of drug-likeness (QED) is 0.132. The number of rotatable bonds is 2. The highest BCUT2D eigenvalue weighted by atomic mass is 127. The molecule has 2 unspecified atom stereocenters. The van der Waals surface area contributed by atoms with Crippen LogP contribution in [0.5, 0.6) is 0 Å². The van der Waals surface area contributed by atoms with Crippen LogP contribution in [0.4, 0.5) is 0 Å². The number of furan rings is 2. The van der Waals surface area contributed by atoms with Crippen LogP contribution in [0.25, 0.3) is 93.2 Å². The summed E-state index contributed by atoms with van der Waals surface area (Å²) in [5, 5.41) is 9.34. The van der Waals surface area contributed by atoms with E-state index in [4.69, 9.17) is 8.83 Å². The molecule has 0 saturated carbocycles. The molecule has 0 amide bonds. The van der Waals surface area contributed by atoms with E-state index in [0.29, 0.717) is 0 Å². The Hall–Kier alpha value is -5.27. The van der Waals surface area contributed by atoms with Gasteiger partial charge in [-0.2, -0.15) is 0 Å². The largest absolute Gasteiger partial charge is 0.455 e. The fourth-order valence-corrected chi connectivity index (χ4v) is 8.83. The van der Waals surface area contributed by atoms with E-state index >= 15 is 0 Å². The molecule has 0 saturated heterocycles. The van der Waals surface area contributed by atoms with E-state index in [1.165, 1.54) is 32.7 Å². The Morgan fingerprint density at radius 1 is 0.489 bits per heavy atom. The molecular formula is C42H25IN2O2. The van der Waals surface area contributed by atoms with Crippen molar-refractivity contribution in [3.63, 3.8) is 0 Å². The summed E-state index contributed by atoms with van der Waals surface area (Å²) in [6, 6.07) is 43.2. The molecule has 4 aromatic heterocycles. The van der Waals surface area contributed by atoms with Gasteiger partial charge in [-0.25, -0.2) is 0 Å². The summed E-state index contributed by atoms with van der Waals surface area (Å²) < 4.78 is 18.3. The topological polar surface area (TPSA) is 36.1 Å². The average molecular weight is 717 g/mol. The predicted octanol–water partition coefficient (Wildman–Crippen LogP) is 12.2. The Bertz CT molecular complexity index is 3000. The molecule has 2 atom stereocenters. The van der Waals surface area contributed by atoms with Gasteiger partial charge in [0.05, 0.1) is 37.3 Å². The Morgan fingerprint density at radius 2 is 1.02 bits per heavy atom. The molecule has 4 nitrogen and oxygen atoms in total. The number of para-hydroxylation sites is 4. The highest BCUT2D eigenvalue weighted by Gasteiger charge is 2.28. The minimum atomic E-state index is 0.0750. The van der Waals surface area contributed by atoms with Gasteiger partial charge in [0, 0.05) is 43.5 Å². The third kappa shape index (κ3) is 3.42. The van der Waals surface area contributed by atoms with Crippen LogP contribution < -0.4 is 0 Å². The molecule has 1 aliphatic rings. The molecule has 6 aromatic carbocycles. The van der Waals surface area contributed by atoms with Gasteiger partial charge in [0.1, 0.15) is 22.3 Å².